The minimum Gasteiger partial charge on any atom is -0.467 e. The van der Waals surface area contributed by atoms with Gasteiger partial charge in [-0.2, -0.15) is 15.2 Å². The van der Waals surface area contributed by atoms with E-state index < -0.39 is 11.6 Å². The first-order valence-electron chi connectivity index (χ1n) is 9.92. The van der Waals surface area contributed by atoms with Gasteiger partial charge < -0.3 is 20.1 Å². The Balaban J connectivity index is 1.83. The number of morpholine rings is 1. The summed E-state index contributed by atoms with van der Waals surface area (Å²) >= 11 is 7.53. The molecule has 0 saturated carbocycles. The van der Waals surface area contributed by atoms with Crippen LogP contribution in [0, 0.1) is 23.0 Å². The highest BCUT2D eigenvalue weighted by molar-refractivity contribution is 7.23. The molecular weight excluding hydrogens is 472 g/mol. The summed E-state index contributed by atoms with van der Waals surface area (Å²) in [6.45, 7) is 2.14. The van der Waals surface area contributed by atoms with Crippen molar-refractivity contribution in [1.82, 2.24) is 9.97 Å². The number of fused-ring (bicyclic) bond motifs is 2. The summed E-state index contributed by atoms with van der Waals surface area (Å²) in [5, 5.41) is 10.5. The summed E-state index contributed by atoms with van der Waals surface area (Å²) in [6.07, 6.45) is 0. The predicted octanol–water partition coefficient (Wildman–Crippen LogP) is 4.74. The number of nitrogen functional groups attached to an aromatic ring is 1. The van der Waals surface area contributed by atoms with Gasteiger partial charge in [-0.3, -0.25) is 0 Å². The number of ether oxygens (including phenoxy) is 2. The van der Waals surface area contributed by atoms with Gasteiger partial charge in [0.1, 0.15) is 28.2 Å². The third kappa shape index (κ3) is 3.40. The van der Waals surface area contributed by atoms with E-state index in [0.29, 0.717) is 37.5 Å². The number of methoxy groups -OCH3 is 1. The molecule has 2 aromatic carbocycles. The SMILES string of the molecule is COc1nc(N2CCOCC2)c2cc(Cl)c(-c3ccc(F)c4sc(N)c(C#N)c34)c(F)c2n1. The molecule has 1 aliphatic rings. The minimum absolute atomic E-state index is 0.00178. The van der Waals surface area contributed by atoms with Gasteiger partial charge in [-0.25, -0.2) is 8.78 Å². The molecule has 2 aromatic heterocycles. The molecule has 0 bridgehead atoms. The summed E-state index contributed by atoms with van der Waals surface area (Å²) in [5.41, 5.74) is 6.27. The Bertz CT molecular complexity index is 1460. The molecule has 5 rings (SSSR count). The number of hydrogen-bond donors (Lipinski definition) is 1. The number of hydrogen-bond acceptors (Lipinski definition) is 8. The van der Waals surface area contributed by atoms with Crippen molar-refractivity contribution in [3.63, 3.8) is 0 Å². The molecule has 3 heterocycles. The van der Waals surface area contributed by atoms with E-state index in [9.17, 15) is 9.65 Å². The number of nitrogens with two attached hydrogens (primary N) is 1. The van der Waals surface area contributed by atoms with Crippen LogP contribution in [0.5, 0.6) is 6.01 Å². The van der Waals surface area contributed by atoms with Crippen LogP contribution >= 0.6 is 22.9 Å². The molecule has 2 N–H and O–H groups in total. The fourth-order valence-electron chi connectivity index (χ4n) is 4.02. The molecule has 0 unspecified atom stereocenters. The number of anilines is 2. The molecule has 0 radical (unpaired) electrons. The zero-order chi connectivity index (χ0) is 23.3. The molecule has 11 heteroatoms. The molecule has 0 amide bonds. The molecule has 1 saturated heterocycles. The number of nitrogens with zero attached hydrogens (tertiary/aromatic N) is 4. The van der Waals surface area contributed by atoms with E-state index in [2.05, 4.69) is 9.97 Å². The zero-order valence-corrected chi connectivity index (χ0v) is 18.9. The predicted molar refractivity (Wildman–Crippen MR) is 124 cm³/mol. The molecule has 168 valence electrons. The number of rotatable bonds is 3. The van der Waals surface area contributed by atoms with Crippen LogP contribution in [0.2, 0.25) is 5.02 Å². The van der Waals surface area contributed by atoms with Gasteiger partial charge in [0.2, 0.25) is 0 Å². The Morgan fingerprint density at radius 1 is 1.27 bits per heavy atom. The lowest BCUT2D eigenvalue weighted by molar-refractivity contribution is 0.122. The smallest absolute Gasteiger partial charge is 0.318 e. The Morgan fingerprint density at radius 2 is 2.03 bits per heavy atom. The molecule has 7 nitrogen and oxygen atoms in total. The molecule has 0 atom stereocenters. The number of nitriles is 1. The average molecular weight is 488 g/mol. The van der Waals surface area contributed by atoms with Gasteiger partial charge in [0.05, 0.1) is 35.6 Å². The number of aromatic nitrogens is 2. The summed E-state index contributed by atoms with van der Waals surface area (Å²) in [7, 11) is 1.40. The van der Waals surface area contributed by atoms with Crippen molar-refractivity contribution in [1.29, 1.82) is 5.26 Å². The van der Waals surface area contributed by atoms with E-state index in [4.69, 9.17) is 26.8 Å². The highest BCUT2D eigenvalue weighted by Crippen LogP contribution is 2.45. The maximum absolute atomic E-state index is 16.1. The Labute approximate surface area is 195 Å². The molecular formula is C22H16ClF2N5O2S. The first-order valence-corrected chi connectivity index (χ1v) is 11.1. The van der Waals surface area contributed by atoms with Crippen LogP contribution in [0.4, 0.5) is 19.6 Å². The Hall–Kier alpha value is -3.26. The Morgan fingerprint density at radius 3 is 2.73 bits per heavy atom. The van der Waals surface area contributed by atoms with Crippen LogP contribution in [0.25, 0.3) is 32.1 Å². The first kappa shape index (κ1) is 21.6. The quantitative estimate of drug-likeness (QED) is 0.445. The summed E-state index contributed by atoms with van der Waals surface area (Å²) in [4.78, 5) is 10.6. The second kappa shape index (κ2) is 8.26. The number of halogens is 3. The molecule has 33 heavy (non-hydrogen) atoms. The fraction of sp³-hybridized carbons (Fsp3) is 0.227. The van der Waals surface area contributed by atoms with Crippen molar-refractivity contribution in [2.45, 2.75) is 0 Å². The molecule has 0 spiro atoms. The highest BCUT2D eigenvalue weighted by atomic mass is 35.5. The maximum Gasteiger partial charge on any atom is 0.318 e. The lowest BCUT2D eigenvalue weighted by atomic mass is 9.97. The van der Waals surface area contributed by atoms with Gasteiger partial charge in [-0.05, 0) is 17.7 Å². The van der Waals surface area contributed by atoms with Crippen molar-refractivity contribution in [3.05, 3.63) is 40.4 Å². The second-order valence-corrected chi connectivity index (χ2v) is 8.79. The average Bonchev–Trinajstić information content (AvgIpc) is 3.17. The van der Waals surface area contributed by atoms with Crippen molar-refractivity contribution in [2.75, 3.05) is 44.0 Å². The largest absolute Gasteiger partial charge is 0.467 e. The van der Waals surface area contributed by atoms with E-state index in [1.54, 1.807) is 6.07 Å². The second-order valence-electron chi connectivity index (χ2n) is 7.33. The van der Waals surface area contributed by atoms with E-state index in [1.165, 1.54) is 19.2 Å². The summed E-state index contributed by atoms with van der Waals surface area (Å²) in [6, 6.07) is 6.16. The number of benzene rings is 2. The van der Waals surface area contributed by atoms with Crippen molar-refractivity contribution < 1.29 is 18.3 Å². The maximum atomic E-state index is 16.1. The zero-order valence-electron chi connectivity index (χ0n) is 17.3. The third-order valence-electron chi connectivity index (χ3n) is 5.53. The first-order chi connectivity index (χ1) is 15.9. The van der Waals surface area contributed by atoms with Gasteiger partial charge in [0, 0.05) is 29.4 Å². The standard InChI is InChI=1S/C22H16ClF2N5O2S/c1-31-22-28-18-11(21(29-22)30-4-6-32-7-5-30)8-13(23)16(17(18)25)10-2-3-14(24)19-15(10)12(9-26)20(27)33-19/h2-3,8H,4-7,27H2,1H3. The van der Waals surface area contributed by atoms with Crippen LogP contribution in [0.1, 0.15) is 5.56 Å². The lowest BCUT2D eigenvalue weighted by Gasteiger charge is -2.29. The van der Waals surface area contributed by atoms with E-state index in [0.717, 1.165) is 11.3 Å². The lowest BCUT2D eigenvalue weighted by Crippen LogP contribution is -2.37. The fourth-order valence-corrected chi connectivity index (χ4v) is 5.27. The van der Waals surface area contributed by atoms with Crippen LogP contribution < -0.4 is 15.4 Å². The molecule has 0 aliphatic carbocycles. The van der Waals surface area contributed by atoms with Crippen LogP contribution in [-0.2, 0) is 4.74 Å². The van der Waals surface area contributed by atoms with Crippen LogP contribution in [-0.4, -0.2) is 43.4 Å². The van der Waals surface area contributed by atoms with Gasteiger partial charge in [-0.15, -0.1) is 11.3 Å². The normalized spacial score (nSPS) is 14.1. The van der Waals surface area contributed by atoms with Crippen molar-refractivity contribution >= 4 is 54.7 Å². The van der Waals surface area contributed by atoms with Gasteiger partial charge in [0.25, 0.3) is 0 Å². The summed E-state index contributed by atoms with van der Waals surface area (Å²) < 4.78 is 41.3. The molecule has 4 aromatic rings. The Kier molecular flexibility index (Phi) is 5.40. The van der Waals surface area contributed by atoms with Gasteiger partial charge in [0.15, 0.2) is 5.82 Å². The topological polar surface area (TPSA) is 97.3 Å². The monoisotopic (exact) mass is 487 g/mol. The van der Waals surface area contributed by atoms with E-state index in [1.807, 2.05) is 11.0 Å². The van der Waals surface area contributed by atoms with Gasteiger partial charge in [-0.1, -0.05) is 17.7 Å². The van der Waals surface area contributed by atoms with E-state index in [-0.39, 0.29) is 48.3 Å². The highest BCUT2D eigenvalue weighted by Gasteiger charge is 2.26. The molecule has 1 fully saturated rings. The molecule has 1 aliphatic heterocycles. The minimum atomic E-state index is -0.728. The van der Waals surface area contributed by atoms with Gasteiger partial charge >= 0.3 is 6.01 Å². The van der Waals surface area contributed by atoms with E-state index >= 15 is 4.39 Å². The van der Waals surface area contributed by atoms with Crippen LogP contribution in [0.3, 0.4) is 0 Å². The van der Waals surface area contributed by atoms with Crippen molar-refractivity contribution in [3.8, 4) is 23.2 Å². The third-order valence-corrected chi connectivity index (χ3v) is 6.86. The van der Waals surface area contributed by atoms with Crippen LogP contribution in [0.15, 0.2) is 18.2 Å². The number of thiophene rings is 1. The van der Waals surface area contributed by atoms with Crippen molar-refractivity contribution in [2.24, 2.45) is 0 Å². The summed E-state index contributed by atoms with van der Waals surface area (Å²) in [5.74, 6) is -0.800.